The van der Waals surface area contributed by atoms with Crippen LogP contribution in [0, 0.1) is 5.92 Å². The molecule has 2 heterocycles. The summed E-state index contributed by atoms with van der Waals surface area (Å²) in [5.41, 5.74) is 0. The number of thiophene rings is 1. The third-order valence-electron chi connectivity index (χ3n) is 2.54. The molecule has 1 unspecified atom stereocenters. The molecule has 1 fully saturated rings. The first-order chi connectivity index (χ1) is 5.95. The molecule has 1 aromatic heterocycles. The largest absolute Gasteiger partial charge is 0.316 e. The Hall–Kier alpha value is -0.340. The van der Waals surface area contributed by atoms with Crippen molar-refractivity contribution >= 4 is 11.3 Å². The Kier molecular flexibility index (Phi) is 2.79. The minimum atomic E-state index is 0.937. The predicted octanol–water partition coefficient (Wildman–Crippen LogP) is 2.29. The highest BCUT2D eigenvalue weighted by molar-refractivity contribution is 7.09. The van der Waals surface area contributed by atoms with Gasteiger partial charge in [-0.05, 0) is 49.7 Å². The van der Waals surface area contributed by atoms with Gasteiger partial charge in [0, 0.05) is 4.88 Å². The van der Waals surface area contributed by atoms with Gasteiger partial charge >= 0.3 is 0 Å². The SMILES string of the molecule is c1csc(CCC2CCNC2)c1. The van der Waals surface area contributed by atoms with E-state index in [1.807, 2.05) is 11.3 Å². The van der Waals surface area contributed by atoms with Crippen molar-refractivity contribution in [1.82, 2.24) is 5.32 Å². The summed E-state index contributed by atoms with van der Waals surface area (Å²) >= 11 is 1.89. The molecule has 1 aliphatic heterocycles. The zero-order valence-corrected chi connectivity index (χ0v) is 8.07. The van der Waals surface area contributed by atoms with Crippen LogP contribution in [0.2, 0.25) is 0 Å². The highest BCUT2D eigenvalue weighted by atomic mass is 32.1. The average Bonchev–Trinajstić information content (AvgIpc) is 2.74. The minimum absolute atomic E-state index is 0.937. The lowest BCUT2D eigenvalue weighted by atomic mass is 10.0. The first kappa shape index (κ1) is 8.27. The highest BCUT2D eigenvalue weighted by Crippen LogP contribution is 2.18. The number of hydrogen-bond donors (Lipinski definition) is 1. The van der Waals surface area contributed by atoms with E-state index in [4.69, 9.17) is 0 Å². The van der Waals surface area contributed by atoms with Crippen molar-refractivity contribution in [3.05, 3.63) is 22.4 Å². The maximum absolute atomic E-state index is 3.41. The Morgan fingerprint density at radius 3 is 3.25 bits per heavy atom. The molecule has 2 rings (SSSR count). The molecule has 1 nitrogen and oxygen atoms in total. The Morgan fingerprint density at radius 2 is 2.58 bits per heavy atom. The molecule has 0 aromatic carbocycles. The van der Waals surface area contributed by atoms with Gasteiger partial charge in [-0.1, -0.05) is 6.07 Å². The fourth-order valence-corrected chi connectivity index (χ4v) is 2.49. The first-order valence-corrected chi connectivity index (χ1v) is 5.56. The summed E-state index contributed by atoms with van der Waals surface area (Å²) < 4.78 is 0. The monoisotopic (exact) mass is 181 g/mol. The van der Waals surface area contributed by atoms with Crippen molar-refractivity contribution in [2.45, 2.75) is 19.3 Å². The van der Waals surface area contributed by atoms with E-state index in [0.29, 0.717) is 0 Å². The van der Waals surface area contributed by atoms with E-state index >= 15 is 0 Å². The normalized spacial score (nSPS) is 23.2. The van der Waals surface area contributed by atoms with Gasteiger partial charge in [0.15, 0.2) is 0 Å². The van der Waals surface area contributed by atoms with E-state index in [2.05, 4.69) is 22.8 Å². The summed E-state index contributed by atoms with van der Waals surface area (Å²) in [6.07, 6.45) is 4.03. The van der Waals surface area contributed by atoms with Crippen molar-refractivity contribution in [1.29, 1.82) is 0 Å². The van der Waals surface area contributed by atoms with Gasteiger partial charge in [-0.3, -0.25) is 0 Å². The average molecular weight is 181 g/mol. The van der Waals surface area contributed by atoms with Crippen molar-refractivity contribution in [3.63, 3.8) is 0 Å². The number of aryl methyl sites for hydroxylation is 1. The molecular formula is C10H15NS. The van der Waals surface area contributed by atoms with Gasteiger partial charge in [-0.25, -0.2) is 0 Å². The quantitative estimate of drug-likeness (QED) is 0.754. The maximum atomic E-state index is 3.41. The van der Waals surface area contributed by atoms with Gasteiger partial charge in [-0.2, -0.15) is 0 Å². The summed E-state index contributed by atoms with van der Waals surface area (Å²) in [5, 5.41) is 5.57. The molecule has 0 bridgehead atoms. The van der Waals surface area contributed by atoms with Crippen molar-refractivity contribution in [3.8, 4) is 0 Å². The van der Waals surface area contributed by atoms with Crippen LogP contribution in [0.25, 0.3) is 0 Å². The van der Waals surface area contributed by atoms with Crippen molar-refractivity contribution in [2.24, 2.45) is 5.92 Å². The summed E-state index contributed by atoms with van der Waals surface area (Å²) in [5.74, 6) is 0.937. The van der Waals surface area contributed by atoms with Crippen LogP contribution in [0.15, 0.2) is 17.5 Å². The van der Waals surface area contributed by atoms with Crippen LogP contribution in [0.4, 0.5) is 0 Å². The van der Waals surface area contributed by atoms with Crippen LogP contribution in [0.1, 0.15) is 17.7 Å². The molecule has 0 spiro atoms. The van der Waals surface area contributed by atoms with E-state index in [0.717, 1.165) is 5.92 Å². The lowest BCUT2D eigenvalue weighted by Gasteiger charge is -2.05. The number of hydrogen-bond acceptors (Lipinski definition) is 2. The highest BCUT2D eigenvalue weighted by Gasteiger charge is 2.13. The molecule has 0 saturated carbocycles. The van der Waals surface area contributed by atoms with Gasteiger partial charge in [0.25, 0.3) is 0 Å². The molecule has 0 aliphatic carbocycles. The summed E-state index contributed by atoms with van der Waals surface area (Å²) in [6, 6.07) is 4.39. The van der Waals surface area contributed by atoms with Crippen LogP contribution >= 0.6 is 11.3 Å². The lowest BCUT2D eigenvalue weighted by Crippen LogP contribution is -2.09. The smallest absolute Gasteiger partial charge is 0.00453 e. The summed E-state index contributed by atoms with van der Waals surface area (Å²) in [7, 11) is 0. The fraction of sp³-hybridized carbons (Fsp3) is 0.600. The summed E-state index contributed by atoms with van der Waals surface area (Å²) in [4.78, 5) is 1.54. The van der Waals surface area contributed by atoms with E-state index in [1.165, 1.54) is 32.4 Å². The zero-order valence-electron chi connectivity index (χ0n) is 7.25. The van der Waals surface area contributed by atoms with Crippen LogP contribution in [-0.4, -0.2) is 13.1 Å². The molecule has 66 valence electrons. The molecule has 1 N–H and O–H groups in total. The first-order valence-electron chi connectivity index (χ1n) is 4.68. The lowest BCUT2D eigenvalue weighted by molar-refractivity contribution is 0.535. The Balaban J connectivity index is 1.74. The topological polar surface area (TPSA) is 12.0 Å². The number of rotatable bonds is 3. The molecule has 0 amide bonds. The Labute approximate surface area is 77.8 Å². The summed E-state index contributed by atoms with van der Waals surface area (Å²) in [6.45, 7) is 2.47. The molecule has 1 atom stereocenters. The zero-order chi connectivity index (χ0) is 8.23. The second kappa shape index (κ2) is 4.06. The third-order valence-corrected chi connectivity index (χ3v) is 3.48. The molecule has 12 heavy (non-hydrogen) atoms. The standard InChI is InChI=1S/C10H15NS/c1-2-10(12-7-1)4-3-9-5-6-11-8-9/h1-2,7,9,11H,3-6,8H2. The minimum Gasteiger partial charge on any atom is -0.316 e. The van der Waals surface area contributed by atoms with E-state index in [1.54, 1.807) is 4.88 Å². The van der Waals surface area contributed by atoms with Gasteiger partial charge in [-0.15, -0.1) is 11.3 Å². The molecule has 2 heteroatoms. The van der Waals surface area contributed by atoms with Crippen molar-refractivity contribution in [2.75, 3.05) is 13.1 Å². The fourth-order valence-electron chi connectivity index (χ4n) is 1.76. The maximum Gasteiger partial charge on any atom is 0.00453 e. The van der Waals surface area contributed by atoms with Gasteiger partial charge in [0.2, 0.25) is 0 Å². The molecular weight excluding hydrogens is 166 g/mol. The molecule has 1 saturated heterocycles. The molecule has 1 aliphatic rings. The van der Waals surface area contributed by atoms with Crippen LogP contribution < -0.4 is 5.32 Å². The van der Waals surface area contributed by atoms with E-state index in [9.17, 15) is 0 Å². The van der Waals surface area contributed by atoms with Crippen LogP contribution in [0.3, 0.4) is 0 Å². The third kappa shape index (κ3) is 2.08. The Bertz CT molecular complexity index is 212. The Morgan fingerprint density at radius 1 is 1.58 bits per heavy atom. The van der Waals surface area contributed by atoms with Gasteiger partial charge in [0.1, 0.15) is 0 Å². The molecule has 0 radical (unpaired) electrons. The van der Waals surface area contributed by atoms with Crippen LogP contribution in [0.5, 0.6) is 0 Å². The van der Waals surface area contributed by atoms with E-state index < -0.39 is 0 Å². The second-order valence-electron chi connectivity index (χ2n) is 3.48. The number of nitrogens with one attached hydrogen (secondary N) is 1. The van der Waals surface area contributed by atoms with Crippen LogP contribution in [-0.2, 0) is 6.42 Å². The predicted molar refractivity (Wildman–Crippen MR) is 53.6 cm³/mol. The van der Waals surface area contributed by atoms with Crippen molar-refractivity contribution < 1.29 is 0 Å². The van der Waals surface area contributed by atoms with Gasteiger partial charge < -0.3 is 5.32 Å². The molecule has 1 aromatic rings. The van der Waals surface area contributed by atoms with E-state index in [-0.39, 0.29) is 0 Å². The van der Waals surface area contributed by atoms with Gasteiger partial charge in [0.05, 0.1) is 0 Å². The second-order valence-corrected chi connectivity index (χ2v) is 4.51.